The van der Waals surface area contributed by atoms with E-state index in [1.807, 2.05) is 0 Å². The number of carboxylic acid groups (broad SMARTS) is 1. The summed E-state index contributed by atoms with van der Waals surface area (Å²) in [7, 11) is 0. The molecule has 0 aromatic carbocycles. The number of carbonyl (C=O) groups is 2. The maximum Gasteiger partial charge on any atom is 0.331 e. The van der Waals surface area contributed by atoms with E-state index in [0.29, 0.717) is 24.2 Å². The Balaban J connectivity index is 2.23. The minimum Gasteiger partial charge on any atom is -0.478 e. The maximum atomic E-state index is 11.3. The number of fused-ring (bicyclic) bond motifs is 2. The van der Waals surface area contributed by atoms with Crippen molar-refractivity contribution in [2.45, 2.75) is 25.7 Å². The summed E-state index contributed by atoms with van der Waals surface area (Å²) in [5.74, 6) is -0.245. The highest BCUT2D eigenvalue weighted by atomic mass is 16.4. The summed E-state index contributed by atoms with van der Waals surface area (Å²) in [4.78, 5) is 22.1. The maximum absolute atomic E-state index is 11.3. The summed E-state index contributed by atoms with van der Waals surface area (Å²) >= 11 is 0. The first-order valence-corrected chi connectivity index (χ1v) is 4.64. The van der Waals surface area contributed by atoms with Gasteiger partial charge >= 0.3 is 5.97 Å². The molecular formula is C10H12O3. The van der Waals surface area contributed by atoms with Crippen LogP contribution in [0.4, 0.5) is 0 Å². The third kappa shape index (κ3) is 1.39. The normalized spacial score (nSPS) is 32.6. The molecule has 2 atom stereocenters. The van der Waals surface area contributed by atoms with Crippen molar-refractivity contribution >= 4 is 11.8 Å². The molecule has 2 rings (SSSR count). The number of ketones is 1. The van der Waals surface area contributed by atoms with Gasteiger partial charge in [0.25, 0.3) is 0 Å². The Morgan fingerprint density at radius 1 is 1.46 bits per heavy atom. The van der Waals surface area contributed by atoms with Gasteiger partial charge in [0.1, 0.15) is 5.78 Å². The Morgan fingerprint density at radius 2 is 2.23 bits per heavy atom. The van der Waals surface area contributed by atoms with E-state index in [1.54, 1.807) is 6.08 Å². The quantitative estimate of drug-likeness (QED) is 0.663. The first-order chi connectivity index (χ1) is 6.18. The molecule has 3 heteroatoms. The van der Waals surface area contributed by atoms with Crippen molar-refractivity contribution in [1.29, 1.82) is 0 Å². The topological polar surface area (TPSA) is 54.4 Å². The number of rotatable bonds is 1. The van der Waals surface area contributed by atoms with Crippen LogP contribution in [0, 0.1) is 11.8 Å². The molecular weight excluding hydrogens is 168 g/mol. The van der Waals surface area contributed by atoms with Crippen LogP contribution in [-0.4, -0.2) is 16.9 Å². The van der Waals surface area contributed by atoms with Gasteiger partial charge in [0, 0.05) is 17.9 Å². The highest BCUT2D eigenvalue weighted by Gasteiger charge is 2.35. The van der Waals surface area contributed by atoms with Crippen molar-refractivity contribution in [3.8, 4) is 0 Å². The molecule has 1 saturated carbocycles. The van der Waals surface area contributed by atoms with Crippen molar-refractivity contribution in [2.75, 3.05) is 0 Å². The zero-order chi connectivity index (χ0) is 9.42. The van der Waals surface area contributed by atoms with Gasteiger partial charge in [-0.25, -0.2) is 4.79 Å². The average Bonchev–Trinajstić information content (AvgIpc) is 2.12. The fourth-order valence-corrected chi connectivity index (χ4v) is 2.32. The van der Waals surface area contributed by atoms with Crippen molar-refractivity contribution in [1.82, 2.24) is 0 Å². The van der Waals surface area contributed by atoms with Crippen LogP contribution in [0.5, 0.6) is 0 Å². The molecule has 70 valence electrons. The lowest BCUT2D eigenvalue weighted by Crippen LogP contribution is -2.30. The molecule has 2 bridgehead atoms. The van der Waals surface area contributed by atoms with Gasteiger partial charge in [0.05, 0.1) is 0 Å². The lowest BCUT2D eigenvalue weighted by atomic mass is 9.71. The van der Waals surface area contributed by atoms with Gasteiger partial charge in [0.15, 0.2) is 0 Å². The minimum absolute atomic E-state index is 0.113. The van der Waals surface area contributed by atoms with E-state index in [4.69, 9.17) is 5.11 Å². The lowest BCUT2D eigenvalue weighted by molar-refractivity contribution is -0.135. The molecule has 0 radical (unpaired) electrons. The number of aliphatic carboxylic acids is 1. The van der Waals surface area contributed by atoms with Crippen molar-refractivity contribution < 1.29 is 14.7 Å². The predicted octanol–water partition coefficient (Wildman–Crippen LogP) is 1.39. The summed E-state index contributed by atoms with van der Waals surface area (Å²) < 4.78 is 0. The second-order valence-electron chi connectivity index (χ2n) is 3.83. The Hall–Kier alpha value is -1.12. The molecule has 0 heterocycles. The molecule has 0 saturated heterocycles. The van der Waals surface area contributed by atoms with E-state index in [0.717, 1.165) is 12.8 Å². The lowest BCUT2D eigenvalue weighted by Gasteiger charge is -2.31. The molecule has 2 aliphatic rings. The number of hydrogen-bond donors (Lipinski definition) is 1. The van der Waals surface area contributed by atoms with Crippen LogP contribution in [0.2, 0.25) is 0 Å². The minimum atomic E-state index is -0.808. The van der Waals surface area contributed by atoms with Crippen LogP contribution in [0.15, 0.2) is 11.6 Å². The van der Waals surface area contributed by atoms with E-state index >= 15 is 0 Å². The Labute approximate surface area is 76.4 Å². The molecule has 1 fully saturated rings. The standard InChI is InChI=1S/C10H12O3/c11-9-4-2-6-5-7(9)1-3-8(6)10(12)13/h3,6-7H,1-2,4-5H2,(H,12,13). The van der Waals surface area contributed by atoms with Crippen LogP contribution in [0.25, 0.3) is 0 Å². The van der Waals surface area contributed by atoms with Crippen LogP contribution in [0.1, 0.15) is 25.7 Å². The van der Waals surface area contributed by atoms with Gasteiger partial charge in [-0.15, -0.1) is 0 Å². The molecule has 0 spiro atoms. The summed E-state index contributed by atoms with van der Waals surface area (Å²) in [6.45, 7) is 0. The number of hydrogen-bond acceptors (Lipinski definition) is 2. The van der Waals surface area contributed by atoms with E-state index < -0.39 is 5.97 Å². The molecule has 2 aliphatic carbocycles. The molecule has 0 aromatic rings. The van der Waals surface area contributed by atoms with Gasteiger partial charge in [-0.05, 0) is 25.2 Å². The highest BCUT2D eigenvalue weighted by molar-refractivity contribution is 5.90. The van der Waals surface area contributed by atoms with Crippen LogP contribution in [-0.2, 0) is 9.59 Å². The van der Waals surface area contributed by atoms with E-state index in [9.17, 15) is 9.59 Å². The number of allylic oxidation sites excluding steroid dienone is 1. The smallest absolute Gasteiger partial charge is 0.331 e. The zero-order valence-electron chi connectivity index (χ0n) is 7.32. The summed E-state index contributed by atoms with van der Waals surface area (Å²) in [5, 5.41) is 8.86. The molecule has 13 heavy (non-hydrogen) atoms. The Morgan fingerprint density at radius 3 is 2.92 bits per heavy atom. The van der Waals surface area contributed by atoms with Gasteiger partial charge in [-0.2, -0.15) is 0 Å². The van der Waals surface area contributed by atoms with Crippen LogP contribution >= 0.6 is 0 Å². The average molecular weight is 180 g/mol. The summed E-state index contributed by atoms with van der Waals surface area (Å²) in [6.07, 6.45) is 4.43. The fraction of sp³-hybridized carbons (Fsp3) is 0.600. The number of Topliss-reactive ketones (excluding diaryl/α,β-unsaturated/α-hetero) is 1. The Kier molecular flexibility index (Phi) is 1.94. The summed E-state index contributed by atoms with van der Waals surface area (Å²) in [6, 6.07) is 0. The molecule has 0 aromatic heterocycles. The van der Waals surface area contributed by atoms with Crippen LogP contribution in [0.3, 0.4) is 0 Å². The first kappa shape index (κ1) is 8.48. The zero-order valence-corrected chi connectivity index (χ0v) is 7.32. The molecule has 3 nitrogen and oxygen atoms in total. The first-order valence-electron chi connectivity index (χ1n) is 4.64. The number of carbonyl (C=O) groups excluding carboxylic acids is 1. The van der Waals surface area contributed by atoms with Gasteiger partial charge in [-0.3, -0.25) is 4.79 Å². The van der Waals surface area contributed by atoms with Crippen molar-refractivity contribution in [2.24, 2.45) is 11.8 Å². The molecule has 1 N–H and O–H groups in total. The van der Waals surface area contributed by atoms with E-state index in [2.05, 4.69) is 0 Å². The van der Waals surface area contributed by atoms with Gasteiger partial charge < -0.3 is 5.11 Å². The van der Waals surface area contributed by atoms with E-state index in [1.165, 1.54) is 0 Å². The number of carboxylic acids is 1. The van der Waals surface area contributed by atoms with E-state index in [-0.39, 0.29) is 11.8 Å². The van der Waals surface area contributed by atoms with Crippen molar-refractivity contribution in [3.05, 3.63) is 11.6 Å². The third-order valence-corrected chi connectivity index (χ3v) is 3.07. The third-order valence-electron chi connectivity index (χ3n) is 3.07. The second kappa shape index (κ2) is 2.98. The highest BCUT2D eigenvalue weighted by Crippen LogP contribution is 2.37. The Bertz CT molecular complexity index is 291. The second-order valence-corrected chi connectivity index (χ2v) is 3.83. The SMILES string of the molecule is O=C(O)C1=CCC2CC1CCC2=O. The molecule has 0 amide bonds. The van der Waals surface area contributed by atoms with Gasteiger partial charge in [-0.1, -0.05) is 6.08 Å². The largest absolute Gasteiger partial charge is 0.478 e. The van der Waals surface area contributed by atoms with Crippen LogP contribution < -0.4 is 0 Å². The fourth-order valence-electron chi connectivity index (χ4n) is 2.32. The molecule has 2 unspecified atom stereocenters. The van der Waals surface area contributed by atoms with Gasteiger partial charge in [0.2, 0.25) is 0 Å². The monoisotopic (exact) mass is 180 g/mol. The summed E-state index contributed by atoms with van der Waals surface area (Å²) in [5.41, 5.74) is 0.531. The predicted molar refractivity (Wildman–Crippen MR) is 46.2 cm³/mol. The molecule has 0 aliphatic heterocycles. The van der Waals surface area contributed by atoms with Crippen molar-refractivity contribution in [3.63, 3.8) is 0 Å².